The molecule has 138 valence electrons. The third kappa shape index (κ3) is 4.12. The number of methoxy groups -OCH3 is 1. The highest BCUT2D eigenvalue weighted by atomic mass is 35.5. The number of hydrogen-bond donors (Lipinski definition) is 1. The van der Waals surface area contributed by atoms with Crippen molar-refractivity contribution in [3.63, 3.8) is 0 Å². The van der Waals surface area contributed by atoms with Crippen LogP contribution in [-0.2, 0) is 16.1 Å². The quantitative estimate of drug-likeness (QED) is 0.813. The van der Waals surface area contributed by atoms with Crippen LogP contribution in [0.15, 0.2) is 12.1 Å². The van der Waals surface area contributed by atoms with E-state index in [4.69, 9.17) is 16.3 Å². The number of amides is 3. The smallest absolute Gasteiger partial charge is 0.255 e. The Morgan fingerprint density at radius 3 is 2.36 bits per heavy atom. The number of nitrogens with zero attached hydrogens (tertiary/aromatic N) is 1. The molecular formula is C18H25ClN2O4. The summed E-state index contributed by atoms with van der Waals surface area (Å²) >= 11 is 6.06. The van der Waals surface area contributed by atoms with Gasteiger partial charge >= 0.3 is 0 Å². The van der Waals surface area contributed by atoms with E-state index in [1.807, 2.05) is 27.7 Å². The van der Waals surface area contributed by atoms with Gasteiger partial charge in [0.05, 0.1) is 18.7 Å². The molecule has 1 fully saturated rings. The summed E-state index contributed by atoms with van der Waals surface area (Å²) in [6, 6.07) is 2.60. The van der Waals surface area contributed by atoms with Gasteiger partial charge in [0, 0.05) is 17.5 Å². The second-order valence-corrected chi connectivity index (χ2v) is 5.41. The molecule has 0 aliphatic carbocycles. The molecule has 1 N–H and O–H groups in total. The normalized spacial score (nSPS) is 18.4. The first-order valence-electron chi connectivity index (χ1n) is 8.53. The van der Waals surface area contributed by atoms with E-state index in [2.05, 4.69) is 5.32 Å². The summed E-state index contributed by atoms with van der Waals surface area (Å²) in [5, 5.41) is 2.69. The Kier molecular flexibility index (Phi) is 7.90. The van der Waals surface area contributed by atoms with Crippen molar-refractivity contribution in [3.05, 3.63) is 28.3 Å². The number of carbonyl (C=O) groups excluding carboxylic acids is 3. The van der Waals surface area contributed by atoms with Crippen LogP contribution < -0.4 is 10.1 Å². The molecule has 2 heterocycles. The number of nitrogens with one attached hydrogen (secondary N) is 1. The largest absolute Gasteiger partial charge is 0.495 e. The third-order valence-corrected chi connectivity index (χ3v) is 4.12. The number of carbonyl (C=O) groups is 3. The third-order valence-electron chi connectivity index (χ3n) is 3.82. The van der Waals surface area contributed by atoms with E-state index in [0.717, 1.165) is 0 Å². The van der Waals surface area contributed by atoms with Gasteiger partial charge in [-0.3, -0.25) is 19.7 Å². The lowest BCUT2D eigenvalue weighted by Crippen LogP contribution is -2.52. The molecule has 3 rings (SSSR count). The fourth-order valence-electron chi connectivity index (χ4n) is 2.81. The zero-order valence-electron chi connectivity index (χ0n) is 15.3. The van der Waals surface area contributed by atoms with Gasteiger partial charge < -0.3 is 9.64 Å². The Labute approximate surface area is 153 Å². The predicted octanol–water partition coefficient (Wildman–Crippen LogP) is 3.16. The Hall–Kier alpha value is -2.08. The lowest BCUT2D eigenvalue weighted by Gasteiger charge is -2.29. The molecule has 1 saturated heterocycles. The first kappa shape index (κ1) is 21.0. The van der Waals surface area contributed by atoms with Crippen LogP contribution >= 0.6 is 11.6 Å². The number of piperidine rings is 1. The molecule has 7 heteroatoms. The molecule has 0 spiro atoms. The minimum absolute atomic E-state index is 0.231. The van der Waals surface area contributed by atoms with Gasteiger partial charge in [-0.25, -0.2) is 0 Å². The van der Waals surface area contributed by atoms with E-state index in [-0.39, 0.29) is 24.8 Å². The molecule has 0 bridgehead atoms. The second-order valence-electron chi connectivity index (χ2n) is 5.01. The standard InChI is InChI=1S/C14H13ClN2O4.2C2H6/c1-21-12-8-6-17(10-4-5-11(18)16-13(10)19)14(20)7(8)2-3-9(12)15;2*1-2/h2-3,10H,4-6H2,1H3,(H,16,18,19);2*1-2H3. The maximum Gasteiger partial charge on any atom is 0.255 e. The van der Waals surface area contributed by atoms with E-state index < -0.39 is 11.9 Å². The fraction of sp³-hybridized carbons (Fsp3) is 0.500. The van der Waals surface area contributed by atoms with Crippen LogP contribution in [0.25, 0.3) is 0 Å². The summed E-state index contributed by atoms with van der Waals surface area (Å²) in [7, 11) is 1.49. The lowest BCUT2D eigenvalue weighted by atomic mass is 10.0. The molecule has 0 radical (unpaired) electrons. The summed E-state index contributed by atoms with van der Waals surface area (Å²) < 4.78 is 5.25. The molecule has 1 atom stereocenters. The van der Waals surface area contributed by atoms with Crippen LogP contribution in [0.1, 0.15) is 56.5 Å². The SMILES string of the molecule is CC.CC.COc1c(Cl)ccc2c1CN(C1CCC(=O)NC1=O)C2=O. The maximum atomic E-state index is 12.5. The van der Waals surface area contributed by atoms with Gasteiger partial charge in [-0.2, -0.15) is 0 Å². The van der Waals surface area contributed by atoms with E-state index in [1.165, 1.54) is 12.0 Å². The van der Waals surface area contributed by atoms with Crippen LogP contribution in [0.4, 0.5) is 0 Å². The highest BCUT2D eigenvalue weighted by Crippen LogP contribution is 2.37. The number of fused-ring (bicyclic) bond motifs is 1. The lowest BCUT2D eigenvalue weighted by molar-refractivity contribution is -0.136. The number of rotatable bonds is 2. The van der Waals surface area contributed by atoms with E-state index >= 15 is 0 Å². The van der Waals surface area contributed by atoms with Gasteiger partial charge in [-0.05, 0) is 18.6 Å². The molecule has 2 aliphatic heterocycles. The zero-order chi connectivity index (χ0) is 19.1. The van der Waals surface area contributed by atoms with Crippen LogP contribution in [-0.4, -0.2) is 35.8 Å². The molecule has 0 aromatic heterocycles. The van der Waals surface area contributed by atoms with Gasteiger partial charge in [-0.1, -0.05) is 39.3 Å². The summed E-state index contributed by atoms with van der Waals surface area (Å²) in [6.45, 7) is 8.25. The number of hydrogen-bond acceptors (Lipinski definition) is 4. The minimum Gasteiger partial charge on any atom is -0.495 e. The molecule has 1 aromatic carbocycles. The average molecular weight is 369 g/mol. The highest BCUT2D eigenvalue weighted by Gasteiger charge is 2.40. The Bertz CT molecular complexity index is 661. The van der Waals surface area contributed by atoms with Gasteiger partial charge in [0.15, 0.2) is 0 Å². The monoisotopic (exact) mass is 368 g/mol. The van der Waals surface area contributed by atoms with E-state index in [1.54, 1.807) is 12.1 Å². The summed E-state index contributed by atoms with van der Waals surface area (Å²) in [6.07, 6.45) is 0.564. The highest BCUT2D eigenvalue weighted by molar-refractivity contribution is 6.32. The number of imide groups is 1. The van der Waals surface area contributed by atoms with E-state index in [0.29, 0.717) is 28.3 Å². The van der Waals surface area contributed by atoms with Crippen molar-refractivity contribution in [2.75, 3.05) is 7.11 Å². The van der Waals surface area contributed by atoms with E-state index in [9.17, 15) is 14.4 Å². The molecule has 0 saturated carbocycles. The van der Waals surface area contributed by atoms with Crippen molar-refractivity contribution in [1.82, 2.24) is 10.2 Å². The molecule has 1 unspecified atom stereocenters. The van der Waals surface area contributed by atoms with Gasteiger partial charge in [0.1, 0.15) is 11.8 Å². The van der Waals surface area contributed by atoms with Gasteiger partial charge in [0.25, 0.3) is 5.91 Å². The Morgan fingerprint density at radius 2 is 1.80 bits per heavy atom. The molecule has 25 heavy (non-hydrogen) atoms. The molecule has 3 amide bonds. The number of ether oxygens (including phenoxy) is 1. The van der Waals surface area contributed by atoms with Crippen molar-refractivity contribution in [3.8, 4) is 5.75 Å². The zero-order valence-corrected chi connectivity index (χ0v) is 16.1. The number of halogens is 1. The topological polar surface area (TPSA) is 75.7 Å². The average Bonchev–Trinajstić information content (AvgIpc) is 2.95. The second kappa shape index (κ2) is 9.42. The van der Waals surface area contributed by atoms with Crippen molar-refractivity contribution in [1.29, 1.82) is 0 Å². The van der Waals surface area contributed by atoms with Crippen molar-refractivity contribution in [2.45, 2.75) is 53.1 Å². The van der Waals surface area contributed by atoms with Crippen LogP contribution in [0.5, 0.6) is 5.75 Å². The van der Waals surface area contributed by atoms with Crippen LogP contribution in [0, 0.1) is 0 Å². The van der Waals surface area contributed by atoms with Crippen molar-refractivity contribution >= 4 is 29.3 Å². The maximum absolute atomic E-state index is 12.5. The summed E-state index contributed by atoms with van der Waals surface area (Å²) in [5.41, 5.74) is 1.17. The molecule has 6 nitrogen and oxygen atoms in total. The first-order valence-corrected chi connectivity index (χ1v) is 8.90. The first-order chi connectivity index (χ1) is 12.0. The Morgan fingerprint density at radius 1 is 1.16 bits per heavy atom. The number of benzene rings is 1. The van der Waals surface area contributed by atoms with Crippen molar-refractivity contribution < 1.29 is 19.1 Å². The van der Waals surface area contributed by atoms with Gasteiger partial charge in [0.2, 0.25) is 11.8 Å². The summed E-state index contributed by atoms with van der Waals surface area (Å²) in [4.78, 5) is 37.1. The minimum atomic E-state index is -0.633. The molecule has 2 aliphatic rings. The Balaban J connectivity index is 0.000000730. The van der Waals surface area contributed by atoms with Gasteiger partial charge in [-0.15, -0.1) is 0 Å². The fourth-order valence-corrected chi connectivity index (χ4v) is 3.06. The molecular weight excluding hydrogens is 344 g/mol. The van der Waals surface area contributed by atoms with Crippen LogP contribution in [0.2, 0.25) is 5.02 Å². The predicted molar refractivity (Wildman–Crippen MR) is 96.7 cm³/mol. The summed E-state index contributed by atoms with van der Waals surface area (Å²) in [5.74, 6) is -0.523. The molecule has 1 aromatic rings. The van der Waals surface area contributed by atoms with Crippen molar-refractivity contribution in [2.24, 2.45) is 0 Å². The van der Waals surface area contributed by atoms with Crippen LogP contribution in [0.3, 0.4) is 0 Å².